The van der Waals surface area contributed by atoms with E-state index in [1.165, 1.54) is 11.3 Å². The maximum Gasteiger partial charge on any atom is 0.197 e. The van der Waals surface area contributed by atoms with Crippen molar-refractivity contribution in [1.82, 2.24) is 4.98 Å². The van der Waals surface area contributed by atoms with Crippen molar-refractivity contribution in [2.45, 2.75) is 13.5 Å². The van der Waals surface area contributed by atoms with Crippen LogP contribution in [0, 0.1) is 6.92 Å². The van der Waals surface area contributed by atoms with Crippen molar-refractivity contribution in [3.63, 3.8) is 0 Å². The fourth-order valence-electron chi connectivity index (χ4n) is 1.30. The van der Waals surface area contributed by atoms with Gasteiger partial charge in [-0.15, -0.1) is 0 Å². The fourth-order valence-corrected chi connectivity index (χ4v) is 2.18. The van der Waals surface area contributed by atoms with Gasteiger partial charge in [0.05, 0.1) is 4.88 Å². The van der Waals surface area contributed by atoms with Gasteiger partial charge in [-0.1, -0.05) is 27.3 Å². The number of nitrogens with one attached hydrogen (secondary N) is 1. The van der Waals surface area contributed by atoms with E-state index >= 15 is 0 Å². The van der Waals surface area contributed by atoms with Gasteiger partial charge in [0.1, 0.15) is 12.4 Å². The van der Waals surface area contributed by atoms with E-state index in [0.29, 0.717) is 11.7 Å². The van der Waals surface area contributed by atoms with Gasteiger partial charge >= 0.3 is 0 Å². The number of halogens is 1. The molecule has 0 saturated carbocycles. The summed E-state index contributed by atoms with van der Waals surface area (Å²) in [6.07, 6.45) is 1.76. The Morgan fingerprint density at radius 1 is 1.53 bits per heavy atom. The molecule has 6 heteroatoms. The lowest BCUT2D eigenvalue weighted by molar-refractivity contribution is 0.309. The van der Waals surface area contributed by atoms with Crippen LogP contribution in [0.2, 0.25) is 0 Å². The highest BCUT2D eigenvalue weighted by molar-refractivity contribution is 9.10. The van der Waals surface area contributed by atoms with Crippen LogP contribution in [0.4, 0.5) is 5.13 Å². The SMILES string of the molecule is Cc1cc(OCc2cnc(NN)s2)ccc1Br. The van der Waals surface area contributed by atoms with Crippen LogP contribution in [0.25, 0.3) is 0 Å². The van der Waals surface area contributed by atoms with Gasteiger partial charge in [-0.25, -0.2) is 10.8 Å². The number of hydrogen-bond donors (Lipinski definition) is 2. The van der Waals surface area contributed by atoms with Gasteiger partial charge in [-0.05, 0) is 30.7 Å². The zero-order chi connectivity index (χ0) is 12.3. The van der Waals surface area contributed by atoms with E-state index in [0.717, 1.165) is 20.7 Å². The standard InChI is InChI=1S/C11H12BrN3OS/c1-7-4-8(2-3-10(7)12)16-6-9-5-14-11(15-13)17-9/h2-5H,6,13H2,1H3,(H,14,15). The topological polar surface area (TPSA) is 60.2 Å². The van der Waals surface area contributed by atoms with E-state index in [1.807, 2.05) is 25.1 Å². The fraction of sp³-hybridized carbons (Fsp3) is 0.182. The molecule has 0 spiro atoms. The number of nitrogens with two attached hydrogens (primary N) is 1. The zero-order valence-electron chi connectivity index (χ0n) is 9.24. The first-order valence-corrected chi connectivity index (χ1v) is 6.60. The first kappa shape index (κ1) is 12.3. The largest absolute Gasteiger partial charge is 0.488 e. The molecule has 1 aromatic carbocycles. The van der Waals surface area contributed by atoms with Crippen LogP contribution >= 0.6 is 27.3 Å². The number of thiazole rings is 1. The summed E-state index contributed by atoms with van der Waals surface area (Å²) in [5, 5.41) is 0.690. The van der Waals surface area contributed by atoms with Crippen LogP contribution < -0.4 is 16.0 Å². The highest BCUT2D eigenvalue weighted by atomic mass is 79.9. The van der Waals surface area contributed by atoms with Gasteiger partial charge in [0.15, 0.2) is 5.13 Å². The summed E-state index contributed by atoms with van der Waals surface area (Å²) in [6.45, 7) is 2.53. The van der Waals surface area contributed by atoms with Crippen molar-refractivity contribution < 1.29 is 4.74 Å². The second-order valence-corrected chi connectivity index (χ2v) is 5.45. The monoisotopic (exact) mass is 313 g/mol. The van der Waals surface area contributed by atoms with E-state index in [1.54, 1.807) is 6.20 Å². The molecule has 0 fully saturated rings. The Morgan fingerprint density at radius 3 is 3.00 bits per heavy atom. The van der Waals surface area contributed by atoms with E-state index in [4.69, 9.17) is 10.6 Å². The normalized spacial score (nSPS) is 10.3. The van der Waals surface area contributed by atoms with Crippen LogP contribution in [0.15, 0.2) is 28.9 Å². The molecule has 0 radical (unpaired) electrons. The number of anilines is 1. The molecule has 0 aliphatic rings. The van der Waals surface area contributed by atoms with Crippen molar-refractivity contribution in [2.75, 3.05) is 5.43 Å². The predicted octanol–water partition coefficient (Wildman–Crippen LogP) is 3.08. The van der Waals surface area contributed by atoms with Crippen LogP contribution in [0.5, 0.6) is 5.75 Å². The quantitative estimate of drug-likeness (QED) is 0.672. The average molecular weight is 314 g/mol. The molecule has 1 aromatic heterocycles. The van der Waals surface area contributed by atoms with Gasteiger partial charge in [-0.2, -0.15) is 0 Å². The summed E-state index contributed by atoms with van der Waals surface area (Å²) in [7, 11) is 0. The van der Waals surface area contributed by atoms with Gasteiger partial charge in [-0.3, -0.25) is 5.43 Å². The minimum Gasteiger partial charge on any atom is -0.488 e. The Bertz CT molecular complexity index is 515. The predicted molar refractivity (Wildman–Crippen MR) is 73.1 cm³/mol. The van der Waals surface area contributed by atoms with Gasteiger partial charge in [0.2, 0.25) is 0 Å². The van der Waals surface area contributed by atoms with Crippen LogP contribution in [-0.4, -0.2) is 4.98 Å². The van der Waals surface area contributed by atoms with Crippen LogP contribution in [0.1, 0.15) is 10.4 Å². The Morgan fingerprint density at radius 2 is 2.35 bits per heavy atom. The zero-order valence-corrected chi connectivity index (χ0v) is 11.6. The lowest BCUT2D eigenvalue weighted by Crippen LogP contribution is -2.05. The molecule has 0 amide bonds. The summed E-state index contributed by atoms with van der Waals surface area (Å²) in [6, 6.07) is 5.90. The third-order valence-electron chi connectivity index (χ3n) is 2.19. The Hall–Kier alpha value is -1.11. The van der Waals surface area contributed by atoms with Crippen molar-refractivity contribution in [3.8, 4) is 5.75 Å². The number of nitrogens with zero attached hydrogens (tertiary/aromatic N) is 1. The molecule has 2 rings (SSSR count). The van der Waals surface area contributed by atoms with Gasteiger partial charge in [0.25, 0.3) is 0 Å². The summed E-state index contributed by atoms with van der Waals surface area (Å²) < 4.78 is 6.75. The van der Waals surface area contributed by atoms with Crippen LogP contribution in [-0.2, 0) is 6.61 Å². The number of benzene rings is 1. The highest BCUT2D eigenvalue weighted by Crippen LogP contribution is 2.23. The summed E-state index contributed by atoms with van der Waals surface area (Å²) >= 11 is 4.93. The van der Waals surface area contributed by atoms with Crippen molar-refractivity contribution in [3.05, 3.63) is 39.3 Å². The molecule has 2 aromatic rings. The molecular formula is C11H12BrN3OS. The number of nitrogen functional groups attached to an aromatic ring is 1. The highest BCUT2D eigenvalue weighted by Gasteiger charge is 2.02. The molecule has 4 nitrogen and oxygen atoms in total. The maximum atomic E-state index is 5.67. The number of aryl methyl sites for hydroxylation is 1. The minimum atomic E-state index is 0.500. The molecule has 0 aliphatic heterocycles. The second-order valence-electron chi connectivity index (χ2n) is 3.48. The Balaban J connectivity index is 1.99. The van der Waals surface area contributed by atoms with Gasteiger partial charge < -0.3 is 4.74 Å². The van der Waals surface area contributed by atoms with E-state index in [-0.39, 0.29) is 0 Å². The summed E-state index contributed by atoms with van der Waals surface area (Å²) in [4.78, 5) is 5.10. The number of hydrazine groups is 1. The number of aromatic nitrogens is 1. The third-order valence-corrected chi connectivity index (χ3v) is 3.98. The lowest BCUT2D eigenvalue weighted by atomic mass is 10.2. The summed E-state index contributed by atoms with van der Waals surface area (Å²) in [5.74, 6) is 6.11. The van der Waals surface area contributed by atoms with E-state index in [2.05, 4.69) is 26.3 Å². The summed E-state index contributed by atoms with van der Waals surface area (Å²) in [5.41, 5.74) is 3.66. The van der Waals surface area contributed by atoms with Crippen molar-refractivity contribution >= 4 is 32.4 Å². The smallest absolute Gasteiger partial charge is 0.197 e. The van der Waals surface area contributed by atoms with E-state index in [9.17, 15) is 0 Å². The number of ether oxygens (including phenoxy) is 1. The minimum absolute atomic E-state index is 0.500. The average Bonchev–Trinajstić information content (AvgIpc) is 2.79. The lowest BCUT2D eigenvalue weighted by Gasteiger charge is -2.06. The molecule has 0 bridgehead atoms. The maximum absolute atomic E-state index is 5.67. The van der Waals surface area contributed by atoms with Crippen molar-refractivity contribution in [2.24, 2.45) is 5.84 Å². The third kappa shape index (κ3) is 3.18. The Labute approximate surface area is 112 Å². The van der Waals surface area contributed by atoms with Gasteiger partial charge in [0, 0.05) is 10.7 Å². The number of hydrogen-bond acceptors (Lipinski definition) is 5. The number of rotatable bonds is 4. The molecular weight excluding hydrogens is 302 g/mol. The first-order valence-electron chi connectivity index (χ1n) is 4.99. The molecule has 0 unspecified atom stereocenters. The molecule has 0 aliphatic carbocycles. The van der Waals surface area contributed by atoms with Crippen molar-refractivity contribution in [1.29, 1.82) is 0 Å². The molecule has 17 heavy (non-hydrogen) atoms. The van der Waals surface area contributed by atoms with E-state index < -0.39 is 0 Å². The molecule has 3 N–H and O–H groups in total. The molecule has 0 saturated heterocycles. The molecule has 90 valence electrons. The second kappa shape index (κ2) is 5.48. The first-order chi connectivity index (χ1) is 8.19. The van der Waals surface area contributed by atoms with Crippen LogP contribution in [0.3, 0.4) is 0 Å². The molecule has 1 heterocycles. The Kier molecular flexibility index (Phi) is 3.98. The molecule has 0 atom stereocenters.